The lowest BCUT2D eigenvalue weighted by molar-refractivity contribution is 0.473. The molecule has 3 heteroatoms. The highest BCUT2D eigenvalue weighted by Gasteiger charge is 2.05. The Kier molecular flexibility index (Phi) is 2.92. The Morgan fingerprint density at radius 1 is 1.36 bits per heavy atom. The molecule has 4 N–H and O–H groups in total. The van der Waals surface area contributed by atoms with Gasteiger partial charge in [0.2, 0.25) is 0 Å². The minimum atomic E-state index is 0.156. The number of nitrogens with two attached hydrogens (primary N) is 1. The first-order valence-electron chi connectivity index (χ1n) is 4.33. The summed E-state index contributed by atoms with van der Waals surface area (Å²) in [4.78, 5) is 0. The number of phenolic OH excluding ortho intramolecular Hbond substituents is 1. The van der Waals surface area contributed by atoms with Crippen LogP contribution >= 0.6 is 0 Å². The third-order valence-electron chi connectivity index (χ3n) is 2.19. The number of aromatic hydroxyl groups is 1. The molecular weight excluding hydrogens is 176 g/mol. The molecule has 1 rings (SSSR count). The fourth-order valence-corrected chi connectivity index (χ4v) is 1.21. The molecule has 0 radical (unpaired) electrons. The molecule has 0 spiro atoms. The van der Waals surface area contributed by atoms with Crippen molar-refractivity contribution < 1.29 is 5.11 Å². The Balaban J connectivity index is 3.29. The van der Waals surface area contributed by atoms with Crippen molar-refractivity contribution in [3.05, 3.63) is 34.9 Å². The van der Waals surface area contributed by atoms with Gasteiger partial charge >= 0.3 is 0 Å². The lowest BCUT2D eigenvalue weighted by Crippen LogP contribution is -1.98. The van der Waals surface area contributed by atoms with Crippen LogP contribution in [0, 0.1) is 19.3 Å². The average molecular weight is 190 g/mol. The molecule has 0 heterocycles. The van der Waals surface area contributed by atoms with Gasteiger partial charge in [-0.15, -0.1) is 0 Å². The maximum Gasteiger partial charge on any atom is 0.125 e. The zero-order valence-electron chi connectivity index (χ0n) is 8.33. The third kappa shape index (κ3) is 1.93. The van der Waals surface area contributed by atoms with Crippen LogP contribution in [0.4, 0.5) is 0 Å². The molecular formula is C11H14N2O. The Labute approximate surface area is 83.4 Å². The topological polar surface area (TPSA) is 70.1 Å². The second-order valence-electron chi connectivity index (χ2n) is 3.24. The van der Waals surface area contributed by atoms with E-state index in [9.17, 15) is 5.11 Å². The monoisotopic (exact) mass is 190 g/mol. The highest BCUT2D eigenvalue weighted by atomic mass is 16.3. The van der Waals surface area contributed by atoms with Crippen molar-refractivity contribution in [3.8, 4) is 5.75 Å². The van der Waals surface area contributed by atoms with E-state index in [0.29, 0.717) is 11.3 Å². The van der Waals surface area contributed by atoms with Crippen molar-refractivity contribution in [2.75, 3.05) is 0 Å². The quantitative estimate of drug-likeness (QED) is 0.624. The first kappa shape index (κ1) is 10.3. The van der Waals surface area contributed by atoms with Gasteiger partial charge in [-0.25, -0.2) is 0 Å². The van der Waals surface area contributed by atoms with E-state index >= 15 is 0 Å². The smallest absolute Gasteiger partial charge is 0.125 e. The Hall–Kier alpha value is -1.77. The third-order valence-corrected chi connectivity index (χ3v) is 2.19. The van der Waals surface area contributed by atoms with Crippen molar-refractivity contribution in [2.24, 2.45) is 5.73 Å². The summed E-state index contributed by atoms with van der Waals surface area (Å²) in [5.74, 6) is 0.156. The summed E-state index contributed by atoms with van der Waals surface area (Å²) in [6.45, 7) is 3.88. The van der Waals surface area contributed by atoms with Crippen molar-refractivity contribution in [1.82, 2.24) is 0 Å². The van der Waals surface area contributed by atoms with E-state index in [1.807, 2.05) is 19.9 Å². The highest BCUT2D eigenvalue weighted by molar-refractivity contribution is 5.83. The molecule has 0 aliphatic carbocycles. The van der Waals surface area contributed by atoms with Crippen LogP contribution in [0.1, 0.15) is 16.7 Å². The molecule has 0 bridgehead atoms. The van der Waals surface area contributed by atoms with Gasteiger partial charge in [-0.2, -0.15) is 0 Å². The van der Waals surface area contributed by atoms with Crippen LogP contribution in [-0.2, 0) is 0 Å². The average Bonchev–Trinajstić information content (AvgIpc) is 2.11. The summed E-state index contributed by atoms with van der Waals surface area (Å²) in [6.07, 6.45) is 2.55. The first-order valence-corrected chi connectivity index (χ1v) is 4.33. The summed E-state index contributed by atoms with van der Waals surface area (Å²) in [5.41, 5.74) is 8.75. The minimum Gasteiger partial charge on any atom is -0.507 e. The van der Waals surface area contributed by atoms with Gasteiger partial charge in [-0.05, 0) is 43.2 Å². The van der Waals surface area contributed by atoms with Crippen LogP contribution in [0.25, 0.3) is 5.70 Å². The van der Waals surface area contributed by atoms with Gasteiger partial charge in [0.1, 0.15) is 5.75 Å². The van der Waals surface area contributed by atoms with Gasteiger partial charge in [0, 0.05) is 17.5 Å². The molecule has 0 aromatic heterocycles. The molecule has 0 fully saturated rings. The van der Waals surface area contributed by atoms with Gasteiger partial charge < -0.3 is 16.2 Å². The Morgan fingerprint density at radius 2 is 1.93 bits per heavy atom. The molecule has 0 aliphatic heterocycles. The Bertz CT molecular complexity index is 395. The maximum atomic E-state index is 9.62. The molecule has 0 atom stereocenters. The van der Waals surface area contributed by atoms with Crippen LogP contribution in [0.2, 0.25) is 0 Å². The van der Waals surface area contributed by atoms with Gasteiger partial charge in [-0.1, -0.05) is 0 Å². The predicted molar refractivity (Wildman–Crippen MR) is 58.5 cm³/mol. The van der Waals surface area contributed by atoms with Crippen molar-refractivity contribution >= 4 is 11.9 Å². The molecule has 0 saturated carbocycles. The zero-order valence-corrected chi connectivity index (χ0v) is 8.33. The fourth-order valence-electron chi connectivity index (χ4n) is 1.21. The molecule has 74 valence electrons. The van der Waals surface area contributed by atoms with E-state index in [1.165, 1.54) is 6.08 Å². The molecule has 0 unspecified atom stereocenters. The largest absolute Gasteiger partial charge is 0.507 e. The van der Waals surface area contributed by atoms with Crippen LogP contribution in [0.5, 0.6) is 5.75 Å². The van der Waals surface area contributed by atoms with E-state index in [4.69, 9.17) is 11.1 Å². The SMILES string of the molecule is Cc1cc(O)c(C(N)=CC=N)cc1C. The minimum absolute atomic E-state index is 0.156. The second-order valence-corrected chi connectivity index (χ2v) is 3.24. The normalized spacial score (nSPS) is 11.4. The molecule has 0 amide bonds. The van der Waals surface area contributed by atoms with Gasteiger partial charge in [0.15, 0.2) is 0 Å². The molecule has 0 saturated heterocycles. The first-order chi connectivity index (χ1) is 6.56. The van der Waals surface area contributed by atoms with Gasteiger partial charge in [0.05, 0.1) is 0 Å². The summed E-state index contributed by atoms with van der Waals surface area (Å²) in [5, 5.41) is 16.5. The van der Waals surface area contributed by atoms with Crippen molar-refractivity contribution in [2.45, 2.75) is 13.8 Å². The van der Waals surface area contributed by atoms with Crippen LogP contribution < -0.4 is 5.73 Å². The van der Waals surface area contributed by atoms with Gasteiger partial charge in [0.25, 0.3) is 0 Å². The summed E-state index contributed by atoms with van der Waals surface area (Å²) in [7, 11) is 0. The molecule has 14 heavy (non-hydrogen) atoms. The van der Waals surface area contributed by atoms with Crippen LogP contribution in [0.15, 0.2) is 18.2 Å². The number of nitrogens with one attached hydrogen (secondary N) is 1. The number of hydrogen-bond acceptors (Lipinski definition) is 3. The van der Waals surface area contributed by atoms with E-state index in [1.54, 1.807) is 6.07 Å². The number of rotatable bonds is 2. The zero-order chi connectivity index (χ0) is 10.7. The standard InChI is InChI=1S/C11H14N2O/c1-7-5-9(10(13)3-4-12)11(14)6-8(7)2/h3-6,12,14H,13H2,1-2H3. The van der Waals surface area contributed by atoms with E-state index in [2.05, 4.69) is 0 Å². The predicted octanol–water partition coefficient (Wildman–Crippen LogP) is 1.96. The van der Waals surface area contributed by atoms with Crippen LogP contribution in [0.3, 0.4) is 0 Å². The molecule has 1 aromatic rings. The highest BCUT2D eigenvalue weighted by Crippen LogP contribution is 2.25. The number of phenols is 1. The van der Waals surface area contributed by atoms with Gasteiger partial charge in [-0.3, -0.25) is 0 Å². The van der Waals surface area contributed by atoms with Crippen molar-refractivity contribution in [3.63, 3.8) is 0 Å². The van der Waals surface area contributed by atoms with Crippen LogP contribution in [-0.4, -0.2) is 11.3 Å². The number of hydrogen-bond donors (Lipinski definition) is 3. The van der Waals surface area contributed by atoms with E-state index < -0.39 is 0 Å². The lowest BCUT2D eigenvalue weighted by atomic mass is 10.0. The molecule has 1 aromatic carbocycles. The summed E-state index contributed by atoms with van der Waals surface area (Å²) in [6, 6.07) is 3.50. The number of allylic oxidation sites excluding steroid dienone is 1. The second kappa shape index (κ2) is 3.96. The van der Waals surface area contributed by atoms with Crippen molar-refractivity contribution in [1.29, 1.82) is 5.41 Å². The maximum absolute atomic E-state index is 9.62. The number of benzene rings is 1. The number of aryl methyl sites for hydroxylation is 2. The lowest BCUT2D eigenvalue weighted by Gasteiger charge is -2.08. The molecule has 0 aliphatic rings. The summed E-state index contributed by atoms with van der Waals surface area (Å²) >= 11 is 0. The summed E-state index contributed by atoms with van der Waals surface area (Å²) < 4.78 is 0. The van der Waals surface area contributed by atoms with E-state index in [-0.39, 0.29) is 5.75 Å². The fraction of sp³-hybridized carbons (Fsp3) is 0.182. The molecule has 3 nitrogen and oxygen atoms in total. The van der Waals surface area contributed by atoms with E-state index in [0.717, 1.165) is 17.3 Å². The Morgan fingerprint density at radius 3 is 2.50 bits per heavy atom.